The lowest BCUT2D eigenvalue weighted by molar-refractivity contribution is 0.0230. The molecule has 2 heterocycles. The van der Waals surface area contributed by atoms with Gasteiger partial charge in [0.2, 0.25) is 0 Å². The number of rotatable bonds is 6. The van der Waals surface area contributed by atoms with Gasteiger partial charge in [-0.05, 0) is 17.7 Å². The van der Waals surface area contributed by atoms with Crippen LogP contribution in [0.2, 0.25) is 0 Å². The van der Waals surface area contributed by atoms with Gasteiger partial charge in [0.15, 0.2) is 0 Å². The van der Waals surface area contributed by atoms with Crippen LogP contribution in [-0.4, -0.2) is 20.7 Å². The minimum atomic E-state index is -0.371. The first-order chi connectivity index (χ1) is 13.3. The first-order valence-electron chi connectivity index (χ1n) is 8.31. The maximum atomic E-state index is 12.2. The molecule has 0 atom stereocenters. The Hall–Kier alpha value is -3.29. The predicted octanol–water partition coefficient (Wildman–Crippen LogP) is 3.86. The Bertz CT molecular complexity index is 1030. The number of hydroxylamine groups is 1. The van der Waals surface area contributed by atoms with E-state index >= 15 is 0 Å². The highest BCUT2D eigenvalue weighted by molar-refractivity contribution is 7.13. The normalized spacial score (nSPS) is 10.7. The summed E-state index contributed by atoms with van der Waals surface area (Å²) >= 11 is 1.39. The van der Waals surface area contributed by atoms with Crippen molar-refractivity contribution in [1.82, 2.24) is 20.2 Å². The molecule has 2 aromatic carbocycles. The summed E-state index contributed by atoms with van der Waals surface area (Å²) in [6.45, 7) is 0.299. The lowest BCUT2D eigenvalue weighted by Crippen LogP contribution is -2.23. The Morgan fingerprint density at radius 1 is 1.07 bits per heavy atom. The van der Waals surface area contributed by atoms with Crippen LogP contribution in [0.5, 0.6) is 0 Å². The molecule has 0 bridgehead atoms. The molecule has 1 amide bonds. The number of carbonyl (C=O) groups excluding carboxylic acids is 1. The monoisotopic (exact) mass is 376 g/mol. The fourth-order valence-corrected chi connectivity index (χ4v) is 3.25. The number of benzene rings is 2. The topological polar surface area (TPSA) is 69.0 Å². The van der Waals surface area contributed by atoms with E-state index in [0.29, 0.717) is 12.3 Å². The molecule has 0 spiro atoms. The van der Waals surface area contributed by atoms with Gasteiger partial charge in [-0.2, -0.15) is 5.10 Å². The highest BCUT2D eigenvalue weighted by Crippen LogP contribution is 2.24. The number of amides is 1. The fraction of sp³-hybridized carbons (Fsp3) is 0.0500. The molecule has 134 valence electrons. The lowest BCUT2D eigenvalue weighted by Gasteiger charge is -2.04. The van der Waals surface area contributed by atoms with Crippen LogP contribution in [0.3, 0.4) is 0 Å². The molecule has 0 radical (unpaired) electrons. The van der Waals surface area contributed by atoms with E-state index in [1.165, 1.54) is 11.3 Å². The first-order valence-corrected chi connectivity index (χ1v) is 9.19. The third-order valence-corrected chi connectivity index (χ3v) is 4.72. The summed E-state index contributed by atoms with van der Waals surface area (Å²) in [4.78, 5) is 21.8. The Kier molecular flexibility index (Phi) is 5.04. The Balaban J connectivity index is 1.39. The summed E-state index contributed by atoms with van der Waals surface area (Å²) in [5, 5.41) is 6.79. The largest absolute Gasteiger partial charge is 0.294 e. The van der Waals surface area contributed by atoms with Gasteiger partial charge in [0.1, 0.15) is 10.7 Å². The zero-order chi connectivity index (χ0) is 18.5. The van der Waals surface area contributed by atoms with Gasteiger partial charge in [-0.15, -0.1) is 11.3 Å². The molecule has 7 heteroatoms. The molecular weight excluding hydrogens is 360 g/mol. The van der Waals surface area contributed by atoms with Crippen LogP contribution in [0, 0.1) is 0 Å². The molecule has 0 fully saturated rings. The highest BCUT2D eigenvalue weighted by Gasteiger charge is 2.13. The van der Waals surface area contributed by atoms with Gasteiger partial charge >= 0.3 is 0 Å². The molecule has 4 rings (SSSR count). The average Bonchev–Trinajstić information content (AvgIpc) is 3.39. The van der Waals surface area contributed by atoms with E-state index in [0.717, 1.165) is 21.8 Å². The molecule has 4 aromatic rings. The van der Waals surface area contributed by atoms with E-state index in [-0.39, 0.29) is 5.91 Å². The molecule has 0 saturated heterocycles. The SMILES string of the molecule is O=C(NOCc1ccccc1)c1csc(-c2cnn(-c3ccccc3)c2)n1. The summed E-state index contributed by atoms with van der Waals surface area (Å²) < 4.78 is 1.78. The second kappa shape index (κ2) is 7.94. The second-order valence-electron chi connectivity index (χ2n) is 5.75. The maximum Gasteiger partial charge on any atom is 0.294 e. The standard InChI is InChI=1S/C20H16N4O2S/c25-19(23-26-13-15-7-3-1-4-8-15)18-14-27-20(22-18)16-11-21-24(12-16)17-9-5-2-6-10-17/h1-12,14H,13H2,(H,23,25). The van der Waals surface area contributed by atoms with Gasteiger partial charge in [-0.3, -0.25) is 9.63 Å². The summed E-state index contributed by atoms with van der Waals surface area (Å²) in [5.41, 5.74) is 5.54. The molecule has 0 aliphatic carbocycles. The Labute approximate surface area is 160 Å². The van der Waals surface area contributed by atoms with E-state index < -0.39 is 0 Å². The molecule has 0 aliphatic heterocycles. The van der Waals surface area contributed by atoms with Crippen molar-refractivity contribution in [2.75, 3.05) is 0 Å². The van der Waals surface area contributed by atoms with E-state index in [1.54, 1.807) is 16.3 Å². The number of aromatic nitrogens is 3. The summed E-state index contributed by atoms with van der Waals surface area (Å²) in [6, 6.07) is 19.4. The first kappa shape index (κ1) is 17.1. The van der Waals surface area contributed by atoms with E-state index in [4.69, 9.17) is 4.84 Å². The van der Waals surface area contributed by atoms with Crippen LogP contribution in [0.1, 0.15) is 16.1 Å². The number of hydrogen-bond acceptors (Lipinski definition) is 5. The Morgan fingerprint density at radius 3 is 2.59 bits per heavy atom. The van der Waals surface area contributed by atoms with Crippen LogP contribution >= 0.6 is 11.3 Å². The number of para-hydroxylation sites is 1. The predicted molar refractivity (Wildman–Crippen MR) is 103 cm³/mol. The molecule has 6 nitrogen and oxygen atoms in total. The molecular formula is C20H16N4O2S. The van der Waals surface area contributed by atoms with Crippen LogP contribution < -0.4 is 5.48 Å². The van der Waals surface area contributed by atoms with Gasteiger partial charge < -0.3 is 0 Å². The average molecular weight is 376 g/mol. The molecule has 27 heavy (non-hydrogen) atoms. The zero-order valence-electron chi connectivity index (χ0n) is 14.3. The van der Waals surface area contributed by atoms with Gasteiger partial charge in [0.25, 0.3) is 5.91 Å². The fourth-order valence-electron chi connectivity index (χ4n) is 2.48. The molecule has 0 aliphatic rings. The van der Waals surface area contributed by atoms with Crippen molar-refractivity contribution in [2.45, 2.75) is 6.61 Å². The van der Waals surface area contributed by atoms with Crippen molar-refractivity contribution in [3.63, 3.8) is 0 Å². The zero-order valence-corrected chi connectivity index (χ0v) is 15.1. The number of nitrogens with zero attached hydrogens (tertiary/aromatic N) is 3. The van der Waals surface area contributed by atoms with E-state index in [2.05, 4.69) is 15.6 Å². The van der Waals surface area contributed by atoms with Crippen molar-refractivity contribution in [2.24, 2.45) is 0 Å². The number of nitrogens with one attached hydrogen (secondary N) is 1. The van der Waals surface area contributed by atoms with Crippen molar-refractivity contribution >= 4 is 17.2 Å². The quantitative estimate of drug-likeness (QED) is 0.519. The van der Waals surface area contributed by atoms with Crippen LogP contribution in [0.4, 0.5) is 0 Å². The lowest BCUT2D eigenvalue weighted by atomic mass is 10.2. The van der Waals surface area contributed by atoms with Crippen molar-refractivity contribution < 1.29 is 9.63 Å². The summed E-state index contributed by atoms with van der Waals surface area (Å²) in [5.74, 6) is -0.371. The molecule has 0 unspecified atom stereocenters. The van der Waals surface area contributed by atoms with Gasteiger partial charge in [-0.25, -0.2) is 15.1 Å². The van der Waals surface area contributed by atoms with Crippen molar-refractivity contribution in [1.29, 1.82) is 0 Å². The van der Waals surface area contributed by atoms with Crippen LogP contribution in [0.15, 0.2) is 78.4 Å². The van der Waals surface area contributed by atoms with Gasteiger partial charge in [0.05, 0.1) is 18.5 Å². The van der Waals surface area contributed by atoms with E-state index in [1.807, 2.05) is 66.9 Å². The molecule has 2 aromatic heterocycles. The van der Waals surface area contributed by atoms with E-state index in [9.17, 15) is 4.79 Å². The van der Waals surface area contributed by atoms with Crippen molar-refractivity contribution in [3.8, 4) is 16.3 Å². The maximum absolute atomic E-state index is 12.2. The third kappa shape index (κ3) is 4.11. The minimum absolute atomic E-state index is 0.299. The van der Waals surface area contributed by atoms with Crippen LogP contribution in [-0.2, 0) is 11.4 Å². The smallest absolute Gasteiger partial charge is 0.269 e. The Morgan fingerprint density at radius 2 is 1.81 bits per heavy atom. The summed E-state index contributed by atoms with van der Waals surface area (Å²) in [7, 11) is 0. The third-order valence-electron chi connectivity index (χ3n) is 3.83. The summed E-state index contributed by atoms with van der Waals surface area (Å²) in [6.07, 6.45) is 3.63. The van der Waals surface area contributed by atoms with Crippen molar-refractivity contribution in [3.05, 3.63) is 89.7 Å². The number of thiazole rings is 1. The van der Waals surface area contributed by atoms with Gasteiger partial charge in [0, 0.05) is 17.1 Å². The van der Waals surface area contributed by atoms with Crippen LogP contribution in [0.25, 0.3) is 16.3 Å². The molecule has 1 N–H and O–H groups in total. The number of carbonyl (C=O) groups is 1. The minimum Gasteiger partial charge on any atom is -0.269 e. The second-order valence-corrected chi connectivity index (χ2v) is 6.61. The highest BCUT2D eigenvalue weighted by atomic mass is 32.1. The van der Waals surface area contributed by atoms with Gasteiger partial charge in [-0.1, -0.05) is 48.5 Å². The number of hydrogen-bond donors (Lipinski definition) is 1. The molecule has 0 saturated carbocycles.